The van der Waals surface area contributed by atoms with Gasteiger partial charge in [0.05, 0.1) is 36.6 Å². The molecule has 9 nitrogen and oxygen atoms in total. The summed E-state index contributed by atoms with van der Waals surface area (Å²) in [7, 11) is 3.11. The molecule has 10 heteroatoms. The average Bonchev–Trinajstić information content (AvgIpc) is 3.52. The first kappa shape index (κ1) is 25.8. The number of benzene rings is 1. The first-order chi connectivity index (χ1) is 18.4. The highest BCUT2D eigenvalue weighted by Crippen LogP contribution is 2.37. The van der Waals surface area contributed by atoms with Gasteiger partial charge in [-0.1, -0.05) is 11.3 Å². The number of piperidine rings is 1. The second-order valence-corrected chi connectivity index (χ2v) is 10.1. The number of aromatic nitrogens is 1. The lowest BCUT2D eigenvalue weighted by atomic mass is 9.95. The number of thiazole rings is 1. The minimum atomic E-state index is -0.784. The van der Waals surface area contributed by atoms with Crippen LogP contribution in [0, 0.1) is 0 Å². The molecule has 1 saturated heterocycles. The lowest BCUT2D eigenvalue weighted by Gasteiger charge is -2.26. The summed E-state index contributed by atoms with van der Waals surface area (Å²) in [6, 6.07) is 8.35. The van der Waals surface area contributed by atoms with Crippen LogP contribution in [0.4, 0.5) is 5.88 Å². The van der Waals surface area contributed by atoms with Crippen molar-refractivity contribution in [3.05, 3.63) is 72.6 Å². The molecule has 0 radical (unpaired) electrons. The molecule has 200 valence electrons. The van der Waals surface area contributed by atoms with Gasteiger partial charge in [-0.2, -0.15) is 0 Å². The number of esters is 1. The van der Waals surface area contributed by atoms with Gasteiger partial charge in [0, 0.05) is 36.9 Å². The normalized spacial score (nSPS) is 17.7. The van der Waals surface area contributed by atoms with E-state index in [1.807, 2.05) is 12.1 Å². The molecule has 1 unspecified atom stereocenters. The lowest BCUT2D eigenvalue weighted by molar-refractivity contribution is -0.139. The van der Waals surface area contributed by atoms with Gasteiger partial charge in [-0.05, 0) is 51.3 Å². The lowest BCUT2D eigenvalue weighted by Crippen LogP contribution is -2.40. The minimum Gasteiger partial charge on any atom is -0.497 e. The quantitative estimate of drug-likeness (QED) is 0.427. The number of methoxy groups -OCH3 is 2. The van der Waals surface area contributed by atoms with Crippen molar-refractivity contribution in [1.82, 2.24) is 4.57 Å². The maximum Gasteiger partial charge on any atom is 0.338 e. The third kappa shape index (κ3) is 4.76. The van der Waals surface area contributed by atoms with Crippen molar-refractivity contribution in [1.29, 1.82) is 0 Å². The Labute approximate surface area is 224 Å². The molecule has 0 bridgehead atoms. The van der Waals surface area contributed by atoms with E-state index in [1.54, 1.807) is 52.3 Å². The zero-order chi connectivity index (χ0) is 26.8. The molecule has 0 aliphatic carbocycles. The van der Waals surface area contributed by atoms with E-state index in [2.05, 4.69) is 9.89 Å². The molecular weight excluding hydrogens is 506 g/mol. The van der Waals surface area contributed by atoms with Crippen LogP contribution in [0.5, 0.6) is 11.5 Å². The molecule has 0 amide bonds. The van der Waals surface area contributed by atoms with Gasteiger partial charge in [0.25, 0.3) is 5.56 Å². The van der Waals surface area contributed by atoms with Crippen LogP contribution < -0.4 is 29.3 Å². The Bertz CT molecular complexity index is 1560. The van der Waals surface area contributed by atoms with Gasteiger partial charge in [-0.15, -0.1) is 0 Å². The number of ether oxygens (including phenoxy) is 3. The zero-order valence-corrected chi connectivity index (χ0v) is 22.8. The summed E-state index contributed by atoms with van der Waals surface area (Å²) in [5.74, 6) is 1.96. The number of rotatable bonds is 7. The number of hydrogen-bond donors (Lipinski definition) is 0. The number of nitrogens with zero attached hydrogens (tertiary/aromatic N) is 3. The summed E-state index contributed by atoms with van der Waals surface area (Å²) < 4.78 is 24.5. The summed E-state index contributed by atoms with van der Waals surface area (Å²) in [6.45, 7) is 5.63. The van der Waals surface area contributed by atoms with Crippen molar-refractivity contribution in [3.63, 3.8) is 0 Å². The SMILES string of the molecule is CCOC(=O)C1=C(C)N=c2s/c(=C\c3ccc(N4CCCCC4)o3)c(=O)n2C1c1ccc(OC)cc1OC. The van der Waals surface area contributed by atoms with E-state index in [-0.39, 0.29) is 12.2 Å². The highest BCUT2D eigenvalue weighted by atomic mass is 32.1. The Morgan fingerprint density at radius 1 is 1.16 bits per heavy atom. The molecule has 0 N–H and O–H groups in total. The van der Waals surface area contributed by atoms with E-state index in [0.29, 0.717) is 43.4 Å². The smallest absolute Gasteiger partial charge is 0.338 e. The first-order valence-corrected chi connectivity index (χ1v) is 13.5. The third-order valence-corrected chi connectivity index (χ3v) is 7.79. The predicted molar refractivity (Wildman–Crippen MR) is 145 cm³/mol. The van der Waals surface area contributed by atoms with Gasteiger partial charge in [0.15, 0.2) is 10.7 Å². The van der Waals surface area contributed by atoms with Crippen molar-refractivity contribution >= 4 is 29.3 Å². The van der Waals surface area contributed by atoms with Crippen LogP contribution >= 0.6 is 11.3 Å². The van der Waals surface area contributed by atoms with Crippen molar-refractivity contribution < 1.29 is 23.4 Å². The summed E-state index contributed by atoms with van der Waals surface area (Å²) in [5, 5.41) is 0. The van der Waals surface area contributed by atoms with E-state index in [1.165, 1.54) is 22.3 Å². The van der Waals surface area contributed by atoms with Crippen LogP contribution in [-0.4, -0.2) is 44.5 Å². The van der Waals surface area contributed by atoms with Crippen molar-refractivity contribution in [2.24, 2.45) is 4.99 Å². The predicted octanol–water partition coefficient (Wildman–Crippen LogP) is 3.40. The Hall–Kier alpha value is -3.79. The van der Waals surface area contributed by atoms with Gasteiger partial charge < -0.3 is 23.5 Å². The highest BCUT2D eigenvalue weighted by molar-refractivity contribution is 7.07. The number of carbonyl (C=O) groups excluding carboxylic acids is 1. The largest absolute Gasteiger partial charge is 0.497 e. The molecule has 0 spiro atoms. The van der Waals surface area contributed by atoms with Crippen LogP contribution in [0.3, 0.4) is 0 Å². The number of furan rings is 1. The second-order valence-electron chi connectivity index (χ2n) is 9.13. The average molecular weight is 538 g/mol. The molecule has 1 atom stereocenters. The number of anilines is 1. The number of hydrogen-bond acceptors (Lipinski definition) is 9. The first-order valence-electron chi connectivity index (χ1n) is 12.7. The van der Waals surface area contributed by atoms with Gasteiger partial charge in [-0.25, -0.2) is 9.79 Å². The highest BCUT2D eigenvalue weighted by Gasteiger charge is 2.35. The molecule has 2 aromatic heterocycles. The van der Waals surface area contributed by atoms with E-state index in [0.717, 1.165) is 31.8 Å². The monoisotopic (exact) mass is 537 g/mol. The topological polar surface area (TPSA) is 95.5 Å². The third-order valence-electron chi connectivity index (χ3n) is 6.81. The Morgan fingerprint density at radius 2 is 1.95 bits per heavy atom. The fraction of sp³-hybridized carbons (Fsp3) is 0.393. The summed E-state index contributed by atoms with van der Waals surface area (Å²) in [4.78, 5) is 34.3. The van der Waals surface area contributed by atoms with Gasteiger partial charge in [0.1, 0.15) is 23.3 Å². The van der Waals surface area contributed by atoms with E-state index in [4.69, 9.17) is 18.6 Å². The molecule has 1 fully saturated rings. The van der Waals surface area contributed by atoms with Crippen LogP contribution in [0.15, 0.2) is 55.8 Å². The maximum absolute atomic E-state index is 13.9. The Kier molecular flexibility index (Phi) is 7.42. The van der Waals surface area contributed by atoms with Crippen LogP contribution in [0.2, 0.25) is 0 Å². The Balaban J connectivity index is 1.64. The summed E-state index contributed by atoms with van der Waals surface area (Å²) in [6.07, 6.45) is 5.26. The molecule has 4 heterocycles. The fourth-order valence-corrected chi connectivity index (χ4v) is 5.99. The van der Waals surface area contributed by atoms with Crippen LogP contribution in [0.25, 0.3) is 6.08 Å². The fourth-order valence-electron chi connectivity index (χ4n) is 4.96. The van der Waals surface area contributed by atoms with Crippen molar-refractivity contribution in [3.8, 4) is 11.5 Å². The summed E-state index contributed by atoms with van der Waals surface area (Å²) >= 11 is 1.25. The number of allylic oxidation sites excluding steroid dienone is 1. The van der Waals surface area contributed by atoms with Crippen molar-refractivity contribution in [2.75, 3.05) is 38.8 Å². The van der Waals surface area contributed by atoms with Crippen LogP contribution in [0.1, 0.15) is 50.5 Å². The molecule has 3 aromatic rings. The molecule has 38 heavy (non-hydrogen) atoms. The molecule has 2 aliphatic rings. The van der Waals surface area contributed by atoms with E-state index < -0.39 is 12.0 Å². The second kappa shape index (κ2) is 10.9. The van der Waals surface area contributed by atoms with Crippen LogP contribution in [-0.2, 0) is 9.53 Å². The number of fused-ring (bicyclic) bond motifs is 1. The number of carbonyl (C=O) groups is 1. The molecule has 2 aliphatic heterocycles. The summed E-state index contributed by atoms with van der Waals surface area (Å²) in [5.41, 5.74) is 1.13. The molecule has 0 saturated carbocycles. The van der Waals surface area contributed by atoms with Crippen molar-refractivity contribution in [2.45, 2.75) is 39.2 Å². The molecule has 5 rings (SSSR count). The van der Waals surface area contributed by atoms with Gasteiger partial charge in [-0.3, -0.25) is 9.36 Å². The van der Waals surface area contributed by atoms with E-state index in [9.17, 15) is 9.59 Å². The Morgan fingerprint density at radius 3 is 2.66 bits per heavy atom. The standard InChI is InChI=1S/C28H31N3O6S/c1-5-36-27(33)24-17(2)29-28-31(25(24)20-11-9-18(34-3)15-21(20)35-4)26(32)22(38-28)16-19-10-12-23(37-19)30-13-7-6-8-14-30/h9-12,15-16,25H,5-8,13-14H2,1-4H3/b22-16-. The molecule has 1 aromatic carbocycles. The van der Waals surface area contributed by atoms with Gasteiger partial charge >= 0.3 is 5.97 Å². The van der Waals surface area contributed by atoms with E-state index >= 15 is 0 Å². The minimum absolute atomic E-state index is 0.199. The van der Waals surface area contributed by atoms with Gasteiger partial charge in [0.2, 0.25) is 0 Å². The molecular formula is C28H31N3O6S. The maximum atomic E-state index is 13.9. The zero-order valence-electron chi connectivity index (χ0n) is 22.0.